The van der Waals surface area contributed by atoms with Crippen LogP contribution in [-0.4, -0.2) is 49.6 Å². The maximum Gasteiger partial charge on any atom is 0.417 e. The third kappa shape index (κ3) is 5.74. The molecule has 4 aromatic rings. The zero-order valence-corrected chi connectivity index (χ0v) is 23.3. The lowest BCUT2D eigenvalue weighted by molar-refractivity contribution is 0.0233. The molecule has 11 heteroatoms. The Labute approximate surface area is 237 Å². The second kappa shape index (κ2) is 10.8. The van der Waals surface area contributed by atoms with Gasteiger partial charge in [0, 0.05) is 48.8 Å². The molecule has 210 valence electrons. The zero-order valence-electron chi connectivity index (χ0n) is 23.3. The van der Waals surface area contributed by atoms with Crippen LogP contribution in [0.15, 0.2) is 66.9 Å². The normalized spacial score (nSPS) is 13.0. The van der Waals surface area contributed by atoms with E-state index in [1.54, 1.807) is 63.4 Å². The Bertz CT molecular complexity index is 1640. The summed E-state index contributed by atoms with van der Waals surface area (Å²) in [6, 6.07) is 17.5. The Morgan fingerprint density at radius 1 is 0.976 bits per heavy atom. The van der Waals surface area contributed by atoms with Crippen LogP contribution in [0.1, 0.15) is 36.8 Å². The summed E-state index contributed by atoms with van der Waals surface area (Å²) in [4.78, 5) is 49.2. The highest BCUT2D eigenvalue weighted by Gasteiger charge is 2.38. The first-order chi connectivity index (χ1) is 19.5. The van der Waals surface area contributed by atoms with Gasteiger partial charge in [-0.2, -0.15) is 0 Å². The lowest BCUT2D eigenvalue weighted by atomic mass is 9.95. The number of carbonyl (C=O) groups is 3. The van der Waals surface area contributed by atoms with Crippen molar-refractivity contribution in [3.05, 3.63) is 78.1 Å². The van der Waals surface area contributed by atoms with Crippen molar-refractivity contribution in [2.24, 2.45) is 7.05 Å². The van der Waals surface area contributed by atoms with Gasteiger partial charge in [0.2, 0.25) is 5.95 Å². The highest BCUT2D eigenvalue weighted by atomic mass is 16.6. The van der Waals surface area contributed by atoms with E-state index in [-0.39, 0.29) is 12.5 Å². The Balaban J connectivity index is 1.59. The fourth-order valence-corrected chi connectivity index (χ4v) is 4.86. The summed E-state index contributed by atoms with van der Waals surface area (Å²) in [5.74, 6) is -0.387. The van der Waals surface area contributed by atoms with E-state index in [4.69, 9.17) is 10.5 Å². The number of nitrogen functional groups attached to an aromatic ring is 1. The van der Waals surface area contributed by atoms with E-state index < -0.39 is 23.6 Å². The van der Waals surface area contributed by atoms with Crippen molar-refractivity contribution in [2.75, 3.05) is 22.9 Å². The Kier molecular flexibility index (Phi) is 7.19. The van der Waals surface area contributed by atoms with E-state index in [2.05, 4.69) is 20.6 Å². The molecule has 0 saturated heterocycles. The van der Waals surface area contributed by atoms with Crippen LogP contribution in [0.3, 0.4) is 0 Å². The molecule has 4 amide bonds. The van der Waals surface area contributed by atoms with Gasteiger partial charge in [-0.1, -0.05) is 30.3 Å². The van der Waals surface area contributed by atoms with E-state index in [9.17, 15) is 14.4 Å². The quantitative estimate of drug-likeness (QED) is 0.311. The van der Waals surface area contributed by atoms with Gasteiger partial charge < -0.3 is 25.7 Å². The van der Waals surface area contributed by atoms with Crippen LogP contribution in [-0.2, 0) is 18.2 Å². The maximum atomic E-state index is 13.9. The first-order valence-electron chi connectivity index (χ1n) is 13.1. The molecular weight excluding hydrogens is 522 g/mol. The molecule has 3 heterocycles. The predicted molar refractivity (Wildman–Crippen MR) is 156 cm³/mol. The number of benzene rings is 2. The average molecular weight is 554 g/mol. The van der Waals surface area contributed by atoms with Gasteiger partial charge in [0.15, 0.2) is 0 Å². The van der Waals surface area contributed by atoms with Crippen molar-refractivity contribution >= 4 is 35.4 Å². The third-order valence-corrected chi connectivity index (χ3v) is 6.52. The van der Waals surface area contributed by atoms with Gasteiger partial charge in [0.05, 0.1) is 17.0 Å². The number of ether oxygens (including phenoxy) is 1. The first-order valence-corrected chi connectivity index (χ1v) is 13.1. The largest absolute Gasteiger partial charge is 0.443 e. The van der Waals surface area contributed by atoms with E-state index in [1.807, 2.05) is 35.9 Å². The number of carbonyl (C=O) groups excluding carboxylic acids is 3. The summed E-state index contributed by atoms with van der Waals surface area (Å²) in [5, 5.41) is 5.64. The number of fused-ring (bicyclic) bond motifs is 1. The number of para-hydroxylation sites is 1. The van der Waals surface area contributed by atoms with Crippen LogP contribution in [0.2, 0.25) is 0 Å². The van der Waals surface area contributed by atoms with Crippen LogP contribution in [0, 0.1) is 0 Å². The number of nitrogens with zero attached hydrogens (tertiary/aromatic N) is 4. The van der Waals surface area contributed by atoms with Gasteiger partial charge in [0.25, 0.3) is 5.91 Å². The van der Waals surface area contributed by atoms with Crippen LogP contribution in [0.5, 0.6) is 0 Å². The molecule has 11 nitrogen and oxygen atoms in total. The molecule has 4 N–H and O–H groups in total. The Morgan fingerprint density at radius 2 is 1.68 bits per heavy atom. The van der Waals surface area contributed by atoms with Crippen molar-refractivity contribution in [1.29, 1.82) is 0 Å². The number of urea groups is 1. The molecule has 0 bridgehead atoms. The van der Waals surface area contributed by atoms with Crippen molar-refractivity contribution in [3.63, 3.8) is 0 Å². The van der Waals surface area contributed by atoms with Gasteiger partial charge >= 0.3 is 12.1 Å². The molecule has 5 rings (SSSR count). The van der Waals surface area contributed by atoms with Gasteiger partial charge in [-0.3, -0.25) is 4.79 Å². The number of aromatic nitrogens is 3. The number of nitrogens with two attached hydrogens (primary N) is 1. The van der Waals surface area contributed by atoms with Crippen molar-refractivity contribution in [1.82, 2.24) is 19.4 Å². The predicted octanol–water partition coefficient (Wildman–Crippen LogP) is 5.31. The number of imide groups is 1. The Hall–Kier alpha value is -5.19. The molecule has 41 heavy (non-hydrogen) atoms. The SMILES string of the molecule is Cn1c2c(c(-c3cccc(NC(=O)Nc4ccccc4)c3)c1-c1ccnc(N)n1)C(=O)N(C(=O)OC(C)(C)C)CC2. The van der Waals surface area contributed by atoms with Crippen molar-refractivity contribution in [3.8, 4) is 22.5 Å². The molecule has 0 saturated carbocycles. The summed E-state index contributed by atoms with van der Waals surface area (Å²) >= 11 is 0. The smallest absolute Gasteiger partial charge is 0.417 e. The van der Waals surface area contributed by atoms with E-state index in [0.29, 0.717) is 45.9 Å². The minimum atomic E-state index is -0.763. The summed E-state index contributed by atoms with van der Waals surface area (Å²) in [5.41, 5.74) is 9.78. The van der Waals surface area contributed by atoms with Gasteiger partial charge in [-0.15, -0.1) is 0 Å². The first kappa shape index (κ1) is 27.4. The number of rotatable bonds is 4. The van der Waals surface area contributed by atoms with Crippen LogP contribution in [0.25, 0.3) is 22.5 Å². The molecule has 0 unspecified atom stereocenters. The Morgan fingerprint density at radius 3 is 2.39 bits per heavy atom. The number of amides is 4. The fourth-order valence-electron chi connectivity index (χ4n) is 4.86. The summed E-state index contributed by atoms with van der Waals surface area (Å²) in [6.45, 7) is 5.43. The second-order valence-electron chi connectivity index (χ2n) is 10.6. The molecule has 0 aliphatic carbocycles. The molecule has 0 fully saturated rings. The number of hydrogen-bond acceptors (Lipinski definition) is 7. The standard InChI is InChI=1S/C30H31N7O4/c1-30(2,3)41-29(40)37-16-14-22-24(26(37)38)23(25(36(22)4)21-13-15-32-27(31)35-21)18-9-8-12-20(17-18)34-28(39)33-19-10-6-5-7-11-19/h5-13,15,17H,14,16H2,1-4H3,(H2,31,32,35)(H2,33,34,39). The molecule has 0 radical (unpaired) electrons. The van der Waals surface area contributed by atoms with Gasteiger partial charge in [-0.25, -0.2) is 24.5 Å². The number of hydrogen-bond donors (Lipinski definition) is 3. The van der Waals surface area contributed by atoms with Crippen LogP contribution in [0.4, 0.5) is 26.9 Å². The zero-order chi connectivity index (χ0) is 29.3. The second-order valence-corrected chi connectivity index (χ2v) is 10.6. The van der Waals surface area contributed by atoms with E-state index >= 15 is 0 Å². The summed E-state index contributed by atoms with van der Waals surface area (Å²) < 4.78 is 7.43. The molecule has 0 atom stereocenters. The monoisotopic (exact) mass is 553 g/mol. The van der Waals surface area contributed by atoms with E-state index in [0.717, 1.165) is 10.6 Å². The minimum absolute atomic E-state index is 0.0855. The van der Waals surface area contributed by atoms with Crippen molar-refractivity contribution < 1.29 is 19.1 Å². The summed E-state index contributed by atoms with van der Waals surface area (Å²) in [6.07, 6.45) is 1.26. The van der Waals surface area contributed by atoms with Gasteiger partial charge in [0.1, 0.15) is 5.60 Å². The maximum absolute atomic E-state index is 13.9. The summed E-state index contributed by atoms with van der Waals surface area (Å²) in [7, 11) is 1.85. The number of anilines is 3. The highest BCUT2D eigenvalue weighted by molar-refractivity contribution is 6.12. The van der Waals surface area contributed by atoms with Gasteiger partial charge in [-0.05, 0) is 56.7 Å². The van der Waals surface area contributed by atoms with Crippen molar-refractivity contribution in [2.45, 2.75) is 32.8 Å². The van der Waals surface area contributed by atoms with Crippen LogP contribution < -0.4 is 16.4 Å². The topological polar surface area (TPSA) is 144 Å². The van der Waals surface area contributed by atoms with Crippen LogP contribution >= 0.6 is 0 Å². The third-order valence-electron chi connectivity index (χ3n) is 6.52. The fraction of sp³-hybridized carbons (Fsp3) is 0.233. The van der Waals surface area contributed by atoms with E-state index in [1.165, 1.54) is 0 Å². The average Bonchev–Trinajstić information content (AvgIpc) is 3.21. The molecule has 1 aliphatic rings. The number of nitrogens with one attached hydrogen (secondary N) is 2. The lowest BCUT2D eigenvalue weighted by Crippen LogP contribution is -2.44. The lowest BCUT2D eigenvalue weighted by Gasteiger charge is -2.29. The highest BCUT2D eigenvalue weighted by Crippen LogP contribution is 2.41. The molecule has 0 spiro atoms. The minimum Gasteiger partial charge on any atom is -0.443 e. The molecule has 2 aromatic heterocycles. The molecule has 2 aromatic carbocycles. The molecule has 1 aliphatic heterocycles. The molecular formula is C30H31N7O4.